The van der Waals surface area contributed by atoms with Crippen LogP contribution in [0.25, 0.3) is 0 Å². The normalized spacial score (nSPS) is 22.1. The maximum absolute atomic E-state index is 12.6. The number of para-hydroxylation sites is 2. The van der Waals surface area contributed by atoms with Crippen molar-refractivity contribution in [3.63, 3.8) is 0 Å². The predicted octanol–water partition coefficient (Wildman–Crippen LogP) is 4.45. The fourth-order valence-electron chi connectivity index (χ4n) is 4.22. The molecule has 0 atom stereocenters. The lowest BCUT2D eigenvalue weighted by Gasteiger charge is -2.27. The average Bonchev–Trinajstić information content (AvgIpc) is 2.75. The molecule has 0 radical (unpaired) electrons. The Morgan fingerprint density at radius 1 is 1.04 bits per heavy atom. The van der Waals surface area contributed by atoms with Crippen molar-refractivity contribution in [3.05, 3.63) is 35.9 Å². The number of hydrogen-bond donors (Lipinski definition) is 2. The largest absolute Gasteiger partial charge is 0.495 e. The molecule has 0 unspecified atom stereocenters. The van der Waals surface area contributed by atoms with Crippen molar-refractivity contribution in [1.29, 1.82) is 0 Å². The second-order valence-corrected chi connectivity index (χ2v) is 7.89. The van der Waals surface area contributed by atoms with Crippen LogP contribution in [0.2, 0.25) is 0 Å². The number of rotatable bonds is 7. The van der Waals surface area contributed by atoms with E-state index >= 15 is 0 Å². The Balaban J connectivity index is 1.40. The minimum Gasteiger partial charge on any atom is -0.495 e. The summed E-state index contributed by atoms with van der Waals surface area (Å²) in [5.41, 5.74) is 2.19. The van der Waals surface area contributed by atoms with E-state index in [1.807, 2.05) is 24.3 Å². The Kier molecular flexibility index (Phi) is 7.52. The van der Waals surface area contributed by atoms with E-state index < -0.39 is 0 Å². The van der Waals surface area contributed by atoms with Gasteiger partial charge < -0.3 is 15.4 Å². The molecule has 5 nitrogen and oxygen atoms in total. The van der Waals surface area contributed by atoms with Gasteiger partial charge in [-0.25, -0.2) is 0 Å². The molecule has 0 spiro atoms. The number of ether oxygens (including phenoxy) is 1. The first-order chi connectivity index (χ1) is 13.7. The topological polar surface area (TPSA) is 67.4 Å². The molecule has 5 heteroatoms. The molecule has 2 aliphatic rings. The number of methoxy groups -OCH3 is 1. The molecule has 0 heterocycles. The molecular weight excluding hydrogens is 352 g/mol. The van der Waals surface area contributed by atoms with Crippen molar-refractivity contribution in [2.24, 2.45) is 11.8 Å². The zero-order chi connectivity index (χ0) is 19.8. The standard InChI is InChI=1S/C23H32N2O3/c1-28-21-10-6-5-9-20(21)25-23(27)19-13-11-18(12-14-19)22(26)24-16-15-17-7-3-2-4-8-17/h5-7,9-10,18-19H,2-4,8,11-16H2,1H3,(H,24,26)(H,25,27). The van der Waals surface area contributed by atoms with Crippen molar-refractivity contribution >= 4 is 17.5 Å². The Labute approximate surface area is 167 Å². The minimum atomic E-state index is -0.0404. The smallest absolute Gasteiger partial charge is 0.227 e. The summed E-state index contributed by atoms with van der Waals surface area (Å²) in [5.74, 6) is 0.835. The maximum Gasteiger partial charge on any atom is 0.227 e. The van der Waals surface area contributed by atoms with Crippen LogP contribution in [0, 0.1) is 11.8 Å². The van der Waals surface area contributed by atoms with Gasteiger partial charge in [-0.05, 0) is 69.9 Å². The van der Waals surface area contributed by atoms with Gasteiger partial charge in [0.05, 0.1) is 12.8 Å². The number of hydrogen-bond acceptors (Lipinski definition) is 3. The number of carbonyl (C=O) groups is 2. The van der Waals surface area contributed by atoms with E-state index in [1.54, 1.807) is 7.11 Å². The molecule has 2 N–H and O–H groups in total. The molecule has 3 rings (SSSR count). The SMILES string of the molecule is COc1ccccc1NC(=O)C1CCC(C(=O)NCCC2=CCCCC2)CC1. The monoisotopic (exact) mass is 384 g/mol. The highest BCUT2D eigenvalue weighted by Crippen LogP contribution is 2.31. The summed E-state index contributed by atoms with van der Waals surface area (Å²) in [7, 11) is 1.60. The predicted molar refractivity (Wildman–Crippen MR) is 111 cm³/mol. The number of carbonyl (C=O) groups excluding carboxylic acids is 2. The average molecular weight is 385 g/mol. The van der Waals surface area contributed by atoms with Gasteiger partial charge in [0.25, 0.3) is 0 Å². The third kappa shape index (κ3) is 5.60. The van der Waals surface area contributed by atoms with Crippen molar-refractivity contribution in [2.75, 3.05) is 19.0 Å². The second-order valence-electron chi connectivity index (χ2n) is 7.89. The molecule has 28 heavy (non-hydrogen) atoms. The maximum atomic E-state index is 12.6. The molecule has 0 aliphatic heterocycles. The lowest BCUT2D eigenvalue weighted by Crippen LogP contribution is -2.36. The quantitative estimate of drug-likeness (QED) is 0.683. The van der Waals surface area contributed by atoms with E-state index in [-0.39, 0.29) is 23.7 Å². The summed E-state index contributed by atoms with van der Waals surface area (Å²) in [5, 5.41) is 6.08. The van der Waals surface area contributed by atoms with Gasteiger partial charge in [0.1, 0.15) is 5.75 Å². The lowest BCUT2D eigenvalue weighted by atomic mass is 9.81. The molecule has 1 aromatic carbocycles. The van der Waals surface area contributed by atoms with Crippen LogP contribution in [0.4, 0.5) is 5.69 Å². The van der Waals surface area contributed by atoms with E-state index in [0.717, 1.165) is 38.6 Å². The van der Waals surface area contributed by atoms with Gasteiger partial charge in [-0.1, -0.05) is 23.8 Å². The van der Waals surface area contributed by atoms with E-state index in [9.17, 15) is 9.59 Å². The second kappa shape index (κ2) is 10.3. The summed E-state index contributed by atoms with van der Waals surface area (Å²) < 4.78 is 5.29. The minimum absolute atomic E-state index is 0.0209. The van der Waals surface area contributed by atoms with Crippen molar-refractivity contribution in [1.82, 2.24) is 5.32 Å². The number of benzene rings is 1. The summed E-state index contributed by atoms with van der Waals surface area (Å²) >= 11 is 0. The van der Waals surface area contributed by atoms with Crippen LogP contribution < -0.4 is 15.4 Å². The van der Waals surface area contributed by atoms with E-state index in [2.05, 4.69) is 16.7 Å². The van der Waals surface area contributed by atoms with Crippen molar-refractivity contribution in [2.45, 2.75) is 57.8 Å². The fraction of sp³-hybridized carbons (Fsp3) is 0.565. The van der Waals surface area contributed by atoms with Crippen molar-refractivity contribution < 1.29 is 14.3 Å². The van der Waals surface area contributed by atoms with Gasteiger partial charge in [-0.2, -0.15) is 0 Å². The molecule has 1 fully saturated rings. The summed E-state index contributed by atoms with van der Waals surface area (Å²) in [6.07, 6.45) is 11.3. The molecule has 0 saturated heterocycles. The highest BCUT2D eigenvalue weighted by Gasteiger charge is 2.30. The van der Waals surface area contributed by atoms with Crippen molar-refractivity contribution in [3.8, 4) is 5.75 Å². The third-order valence-electron chi connectivity index (χ3n) is 5.96. The first-order valence-corrected chi connectivity index (χ1v) is 10.6. The molecule has 2 amide bonds. The van der Waals surface area contributed by atoms with E-state index in [0.29, 0.717) is 11.4 Å². The summed E-state index contributed by atoms with van der Waals surface area (Å²) in [4.78, 5) is 25.0. The van der Waals surface area contributed by atoms with Gasteiger partial charge in [-0.3, -0.25) is 9.59 Å². The third-order valence-corrected chi connectivity index (χ3v) is 5.96. The molecule has 1 saturated carbocycles. The first kappa shape index (κ1) is 20.4. The van der Waals surface area contributed by atoms with Gasteiger partial charge in [0, 0.05) is 18.4 Å². The highest BCUT2D eigenvalue weighted by atomic mass is 16.5. The van der Waals surface area contributed by atoms with Gasteiger partial charge in [0.2, 0.25) is 11.8 Å². The van der Waals surface area contributed by atoms with Gasteiger partial charge in [-0.15, -0.1) is 0 Å². The van der Waals surface area contributed by atoms with E-state index in [1.165, 1.54) is 31.3 Å². The fourth-order valence-corrected chi connectivity index (χ4v) is 4.22. The van der Waals surface area contributed by atoms with Gasteiger partial charge >= 0.3 is 0 Å². The van der Waals surface area contributed by atoms with E-state index in [4.69, 9.17) is 4.74 Å². The molecule has 152 valence electrons. The molecular formula is C23H32N2O3. The Morgan fingerprint density at radius 3 is 2.43 bits per heavy atom. The Morgan fingerprint density at radius 2 is 1.75 bits per heavy atom. The first-order valence-electron chi connectivity index (χ1n) is 10.6. The number of amides is 2. The molecule has 0 bridgehead atoms. The number of allylic oxidation sites excluding steroid dienone is 1. The summed E-state index contributed by atoms with van der Waals surface area (Å²) in [6.45, 7) is 0.735. The van der Waals surface area contributed by atoms with Crippen LogP contribution >= 0.6 is 0 Å². The zero-order valence-corrected chi connectivity index (χ0v) is 16.8. The van der Waals surface area contributed by atoms with Crippen LogP contribution in [0.1, 0.15) is 57.8 Å². The zero-order valence-electron chi connectivity index (χ0n) is 16.8. The van der Waals surface area contributed by atoms with Crippen LogP contribution in [-0.4, -0.2) is 25.5 Å². The van der Waals surface area contributed by atoms with Crippen LogP contribution in [0.15, 0.2) is 35.9 Å². The molecule has 0 aromatic heterocycles. The Bertz CT molecular complexity index is 706. The van der Waals surface area contributed by atoms with Crippen LogP contribution in [0.5, 0.6) is 5.75 Å². The van der Waals surface area contributed by atoms with Gasteiger partial charge in [0.15, 0.2) is 0 Å². The lowest BCUT2D eigenvalue weighted by molar-refractivity contribution is -0.128. The van der Waals surface area contributed by atoms with Crippen LogP contribution in [-0.2, 0) is 9.59 Å². The molecule has 1 aromatic rings. The number of anilines is 1. The molecule has 2 aliphatic carbocycles. The van der Waals surface area contributed by atoms with Crippen LogP contribution in [0.3, 0.4) is 0 Å². The number of nitrogens with one attached hydrogen (secondary N) is 2. The highest BCUT2D eigenvalue weighted by molar-refractivity contribution is 5.94. The summed E-state index contributed by atoms with van der Waals surface area (Å²) in [6, 6.07) is 7.43. The Hall–Kier alpha value is -2.30.